The van der Waals surface area contributed by atoms with Gasteiger partial charge in [0.15, 0.2) is 11.9 Å². The van der Waals surface area contributed by atoms with E-state index in [-0.39, 0.29) is 11.9 Å². The molecule has 0 saturated carbocycles. The Balaban J connectivity index is 1.30. The van der Waals surface area contributed by atoms with Gasteiger partial charge in [-0.25, -0.2) is 9.37 Å². The number of hydrogen-bond donors (Lipinski definition) is 0. The predicted octanol–water partition coefficient (Wildman–Crippen LogP) is 6.79. The minimum Gasteiger partial charge on any atom is -0.495 e. The van der Waals surface area contributed by atoms with Crippen molar-refractivity contribution in [2.45, 2.75) is 45.4 Å². The van der Waals surface area contributed by atoms with E-state index in [9.17, 15) is 4.39 Å². The molecule has 1 aromatic heterocycles. The topological polar surface area (TPSA) is 61.1 Å². The lowest BCUT2D eigenvalue weighted by molar-refractivity contribution is -0.0555. The van der Waals surface area contributed by atoms with E-state index in [0.717, 1.165) is 70.2 Å². The highest BCUT2D eigenvalue weighted by Crippen LogP contribution is 2.36. The van der Waals surface area contributed by atoms with E-state index in [1.165, 1.54) is 6.07 Å². The minimum atomic E-state index is -0.462. The molecule has 0 radical (unpaired) electrons. The molecule has 0 N–H and O–H groups in total. The molecule has 216 valence electrons. The van der Waals surface area contributed by atoms with Gasteiger partial charge < -0.3 is 23.8 Å². The van der Waals surface area contributed by atoms with E-state index < -0.39 is 6.10 Å². The molecule has 3 heterocycles. The van der Waals surface area contributed by atoms with Crippen molar-refractivity contribution in [3.05, 3.63) is 119 Å². The maximum absolute atomic E-state index is 14.5. The quantitative estimate of drug-likeness (QED) is 0.235. The summed E-state index contributed by atoms with van der Waals surface area (Å²) in [5.41, 5.74) is 6.65. The number of halogens is 1. The maximum atomic E-state index is 14.5. The molecule has 1 saturated heterocycles. The number of fused-ring (bicyclic) bond motifs is 1. The molecule has 0 bridgehead atoms. The van der Waals surface area contributed by atoms with E-state index in [1.807, 2.05) is 73.1 Å². The van der Waals surface area contributed by atoms with E-state index in [4.69, 9.17) is 14.3 Å². The summed E-state index contributed by atoms with van der Waals surface area (Å²) >= 11 is 0. The molecule has 7 nitrogen and oxygen atoms in total. The Morgan fingerprint density at radius 2 is 1.93 bits per heavy atom. The Labute approximate surface area is 245 Å². The molecule has 2 aliphatic rings. The molecule has 6 rings (SSSR count). The van der Waals surface area contributed by atoms with Crippen LogP contribution < -0.4 is 4.74 Å². The Bertz CT molecular complexity index is 1590. The summed E-state index contributed by atoms with van der Waals surface area (Å²) in [6.45, 7) is 5.56. The van der Waals surface area contributed by atoms with Crippen molar-refractivity contribution in [3.63, 3.8) is 0 Å². The second-order valence-corrected chi connectivity index (χ2v) is 10.9. The smallest absolute Gasteiger partial charge is 0.175 e. The Morgan fingerprint density at radius 3 is 2.69 bits per heavy atom. The molecule has 1 fully saturated rings. The van der Waals surface area contributed by atoms with Crippen LogP contribution in [-0.2, 0) is 16.2 Å². The van der Waals surface area contributed by atoms with Gasteiger partial charge in [-0.2, -0.15) is 0 Å². The SMILES string of the molecule is COc1cc(/C=C2\CCCN3C2=NO[C@@H](c2cc(C)cc(F)c2)[C@H]3COCc2ccccc2)ccc1-n1cnc(C)c1. The fourth-order valence-electron chi connectivity index (χ4n) is 5.77. The first-order chi connectivity index (χ1) is 20.5. The van der Waals surface area contributed by atoms with Crippen LogP contribution in [0, 0.1) is 19.7 Å². The van der Waals surface area contributed by atoms with Crippen LogP contribution in [-0.4, -0.2) is 46.6 Å². The highest BCUT2D eigenvalue weighted by Gasteiger charge is 2.39. The summed E-state index contributed by atoms with van der Waals surface area (Å²) in [5, 5.41) is 4.63. The highest BCUT2D eigenvalue weighted by molar-refractivity contribution is 6.03. The summed E-state index contributed by atoms with van der Waals surface area (Å²) in [4.78, 5) is 12.8. The lowest BCUT2D eigenvalue weighted by Gasteiger charge is -2.43. The zero-order chi connectivity index (χ0) is 29.1. The molecule has 8 heteroatoms. The molecular weight excluding hydrogens is 531 g/mol. The van der Waals surface area contributed by atoms with E-state index in [2.05, 4.69) is 27.2 Å². The zero-order valence-corrected chi connectivity index (χ0v) is 24.2. The number of imidazole rings is 1. The summed E-state index contributed by atoms with van der Waals surface area (Å²) in [6.07, 6.45) is 7.27. The Hall–Kier alpha value is -4.43. The fourth-order valence-corrected chi connectivity index (χ4v) is 5.77. The Kier molecular flexibility index (Phi) is 8.06. The van der Waals surface area contributed by atoms with Crippen molar-refractivity contribution >= 4 is 11.9 Å². The normalized spacial score (nSPS) is 19.3. The summed E-state index contributed by atoms with van der Waals surface area (Å²) in [7, 11) is 1.68. The molecule has 2 atom stereocenters. The number of hydrogen-bond acceptors (Lipinski definition) is 6. The van der Waals surface area contributed by atoms with Crippen LogP contribution in [0.4, 0.5) is 4.39 Å². The minimum absolute atomic E-state index is 0.174. The summed E-state index contributed by atoms with van der Waals surface area (Å²) < 4.78 is 28.4. The molecule has 0 amide bonds. The number of rotatable bonds is 8. The third-order valence-electron chi connectivity index (χ3n) is 7.73. The van der Waals surface area contributed by atoms with Crippen LogP contribution >= 0.6 is 0 Å². The van der Waals surface area contributed by atoms with Crippen LogP contribution in [0.3, 0.4) is 0 Å². The number of methoxy groups -OCH3 is 1. The molecule has 42 heavy (non-hydrogen) atoms. The predicted molar refractivity (Wildman–Crippen MR) is 161 cm³/mol. The number of ether oxygens (including phenoxy) is 2. The monoisotopic (exact) mass is 566 g/mol. The van der Waals surface area contributed by atoms with E-state index >= 15 is 0 Å². The fraction of sp³-hybridized carbons (Fsp3) is 0.294. The van der Waals surface area contributed by atoms with Crippen molar-refractivity contribution in [1.82, 2.24) is 14.5 Å². The van der Waals surface area contributed by atoms with Gasteiger partial charge >= 0.3 is 0 Å². The second kappa shape index (κ2) is 12.2. The standard InChI is InChI=1S/C34H35FN4O3/c1-23-14-28(18-29(35)15-23)33-31(21-41-20-25-8-5-4-6-9-25)39-13-7-10-27(34(39)37-42-33)16-26-11-12-30(32(17-26)40-3)38-19-24(2)36-22-38/h4-6,8-9,11-12,14-19,22,31,33H,7,10,13,20-21H2,1-3H3/b27-16+/t31-,33+/m1/s1. The van der Waals surface area contributed by atoms with Gasteiger partial charge in [-0.15, -0.1) is 0 Å². The van der Waals surface area contributed by atoms with Gasteiger partial charge in [0.05, 0.1) is 44.1 Å². The third kappa shape index (κ3) is 5.94. The Morgan fingerprint density at radius 1 is 1.07 bits per heavy atom. The van der Waals surface area contributed by atoms with E-state index in [1.54, 1.807) is 19.5 Å². The molecule has 4 aromatic rings. The number of piperidine rings is 1. The molecule has 0 spiro atoms. The number of amidine groups is 1. The molecule has 0 aliphatic carbocycles. The lowest BCUT2D eigenvalue weighted by atomic mass is 9.93. The van der Waals surface area contributed by atoms with Gasteiger partial charge in [0.1, 0.15) is 11.6 Å². The number of oxime groups is 1. The van der Waals surface area contributed by atoms with Gasteiger partial charge in [0.25, 0.3) is 0 Å². The average Bonchev–Trinajstić information content (AvgIpc) is 3.43. The first-order valence-corrected chi connectivity index (χ1v) is 14.3. The highest BCUT2D eigenvalue weighted by atomic mass is 19.1. The third-order valence-corrected chi connectivity index (χ3v) is 7.73. The van der Waals surface area contributed by atoms with Gasteiger partial charge in [-0.3, -0.25) is 0 Å². The molecule has 0 unspecified atom stereocenters. The van der Waals surface area contributed by atoms with Crippen molar-refractivity contribution in [1.29, 1.82) is 0 Å². The van der Waals surface area contributed by atoms with Gasteiger partial charge in [0, 0.05) is 18.3 Å². The van der Waals surface area contributed by atoms with Crippen molar-refractivity contribution < 1.29 is 18.7 Å². The number of aromatic nitrogens is 2. The largest absolute Gasteiger partial charge is 0.495 e. The van der Waals surface area contributed by atoms with E-state index in [0.29, 0.717) is 13.2 Å². The van der Waals surface area contributed by atoms with Crippen molar-refractivity contribution in [2.75, 3.05) is 20.3 Å². The molecule has 2 aliphatic heterocycles. The van der Waals surface area contributed by atoms with Crippen LogP contribution in [0.2, 0.25) is 0 Å². The van der Waals surface area contributed by atoms with Gasteiger partial charge in [-0.05, 0) is 79.3 Å². The van der Waals surface area contributed by atoms with Crippen molar-refractivity contribution in [2.24, 2.45) is 5.16 Å². The maximum Gasteiger partial charge on any atom is 0.175 e. The van der Waals surface area contributed by atoms with Crippen LogP contribution in [0.15, 0.2) is 90.0 Å². The number of aryl methyl sites for hydroxylation is 2. The first-order valence-electron chi connectivity index (χ1n) is 14.3. The average molecular weight is 567 g/mol. The van der Waals surface area contributed by atoms with Gasteiger partial charge in [-0.1, -0.05) is 47.6 Å². The summed E-state index contributed by atoms with van der Waals surface area (Å²) in [6, 6.07) is 21.1. The number of benzene rings is 3. The van der Waals surface area contributed by atoms with Crippen LogP contribution in [0.25, 0.3) is 11.8 Å². The first kappa shape index (κ1) is 27.7. The molecular formula is C34H35FN4O3. The van der Waals surface area contributed by atoms with Crippen LogP contribution in [0.1, 0.15) is 46.9 Å². The van der Waals surface area contributed by atoms with Gasteiger partial charge in [0.2, 0.25) is 0 Å². The molecule has 3 aromatic carbocycles. The lowest BCUT2D eigenvalue weighted by Crippen LogP contribution is -2.52. The second-order valence-electron chi connectivity index (χ2n) is 10.9. The van der Waals surface area contributed by atoms with Crippen molar-refractivity contribution in [3.8, 4) is 11.4 Å². The van der Waals surface area contributed by atoms with Crippen LogP contribution in [0.5, 0.6) is 5.75 Å². The zero-order valence-electron chi connectivity index (χ0n) is 24.2. The number of nitrogens with zero attached hydrogens (tertiary/aromatic N) is 4. The summed E-state index contributed by atoms with van der Waals surface area (Å²) in [5.74, 6) is 1.27.